The van der Waals surface area contributed by atoms with Gasteiger partial charge in [0.1, 0.15) is 0 Å². The summed E-state index contributed by atoms with van der Waals surface area (Å²) in [5.74, 6) is 0.378. The fraction of sp³-hybridized carbons (Fsp3) is 0.167. The Morgan fingerprint density at radius 3 is 2.78 bits per heavy atom. The second-order valence-electron chi connectivity index (χ2n) is 3.61. The molecule has 2 rings (SSSR count). The highest BCUT2D eigenvalue weighted by molar-refractivity contribution is 9.11. The van der Waals surface area contributed by atoms with Gasteiger partial charge in [-0.05, 0) is 40.5 Å². The number of hydrogen-bond acceptors (Lipinski definition) is 4. The summed E-state index contributed by atoms with van der Waals surface area (Å²) >= 11 is 4.81. The Morgan fingerprint density at radius 1 is 1.50 bits per heavy atom. The Balaban J connectivity index is 2.10. The van der Waals surface area contributed by atoms with Crippen LogP contribution in [-0.2, 0) is 0 Å². The summed E-state index contributed by atoms with van der Waals surface area (Å²) in [7, 11) is 1.55. The van der Waals surface area contributed by atoms with Crippen molar-refractivity contribution in [1.82, 2.24) is 4.98 Å². The first-order chi connectivity index (χ1) is 8.60. The topological polar surface area (TPSA) is 51.2 Å². The molecule has 6 heteroatoms. The third-order valence-electron chi connectivity index (χ3n) is 2.28. The molecule has 0 aliphatic heterocycles. The number of rotatable bonds is 3. The highest BCUT2D eigenvalue weighted by Gasteiger charge is 2.11. The third kappa shape index (κ3) is 2.88. The largest absolute Gasteiger partial charge is 0.481 e. The van der Waals surface area contributed by atoms with Crippen LogP contribution < -0.4 is 10.1 Å². The van der Waals surface area contributed by atoms with Gasteiger partial charge in [-0.1, -0.05) is 0 Å². The van der Waals surface area contributed by atoms with E-state index >= 15 is 0 Å². The molecule has 0 saturated heterocycles. The Hall–Kier alpha value is -1.40. The number of carbonyl (C=O) groups is 1. The molecule has 0 atom stereocenters. The van der Waals surface area contributed by atoms with Gasteiger partial charge in [-0.3, -0.25) is 4.79 Å². The van der Waals surface area contributed by atoms with Crippen molar-refractivity contribution in [2.24, 2.45) is 0 Å². The van der Waals surface area contributed by atoms with E-state index in [0.717, 1.165) is 9.35 Å². The van der Waals surface area contributed by atoms with Crippen molar-refractivity contribution in [1.29, 1.82) is 0 Å². The number of aryl methyl sites for hydroxylation is 1. The molecule has 0 radical (unpaired) electrons. The van der Waals surface area contributed by atoms with Crippen LogP contribution in [0.4, 0.5) is 5.69 Å². The fourth-order valence-electron chi connectivity index (χ4n) is 1.34. The van der Waals surface area contributed by atoms with Crippen LogP contribution in [0.3, 0.4) is 0 Å². The number of hydrogen-bond donors (Lipinski definition) is 1. The maximum atomic E-state index is 12.0. The summed E-state index contributed by atoms with van der Waals surface area (Å²) in [5, 5.41) is 2.78. The van der Waals surface area contributed by atoms with Crippen molar-refractivity contribution >= 4 is 38.9 Å². The number of nitrogens with one attached hydrogen (secondary N) is 1. The molecule has 2 heterocycles. The molecule has 4 nitrogen and oxygen atoms in total. The molecule has 18 heavy (non-hydrogen) atoms. The van der Waals surface area contributed by atoms with Gasteiger partial charge >= 0.3 is 0 Å². The molecule has 94 valence electrons. The SMILES string of the molecule is COc1ccc(NC(=O)c2cc(C)c(Br)s2)cn1. The first kappa shape index (κ1) is 13.0. The molecule has 0 fully saturated rings. The van der Waals surface area contributed by atoms with Gasteiger partial charge in [-0.15, -0.1) is 11.3 Å². The summed E-state index contributed by atoms with van der Waals surface area (Å²) in [5.41, 5.74) is 1.70. The average Bonchev–Trinajstić information content (AvgIpc) is 2.71. The smallest absolute Gasteiger partial charge is 0.265 e. The van der Waals surface area contributed by atoms with Crippen LogP contribution in [0.1, 0.15) is 15.2 Å². The van der Waals surface area contributed by atoms with E-state index in [0.29, 0.717) is 16.4 Å². The zero-order chi connectivity index (χ0) is 13.1. The number of ether oxygens (including phenoxy) is 1. The number of pyridine rings is 1. The molecule has 0 unspecified atom stereocenters. The number of methoxy groups -OCH3 is 1. The number of carbonyl (C=O) groups excluding carboxylic acids is 1. The lowest BCUT2D eigenvalue weighted by atomic mass is 10.3. The van der Waals surface area contributed by atoms with E-state index in [1.165, 1.54) is 11.3 Å². The summed E-state index contributed by atoms with van der Waals surface area (Å²) < 4.78 is 5.92. The van der Waals surface area contributed by atoms with Gasteiger partial charge in [0, 0.05) is 6.07 Å². The molecule has 0 bridgehead atoms. The van der Waals surface area contributed by atoms with Gasteiger partial charge in [0.05, 0.1) is 27.7 Å². The van der Waals surface area contributed by atoms with Gasteiger partial charge in [-0.25, -0.2) is 4.98 Å². The minimum absolute atomic E-state index is 0.138. The van der Waals surface area contributed by atoms with Crippen molar-refractivity contribution in [2.45, 2.75) is 6.92 Å². The van der Waals surface area contributed by atoms with Gasteiger partial charge in [0.2, 0.25) is 5.88 Å². The van der Waals surface area contributed by atoms with E-state index in [-0.39, 0.29) is 5.91 Å². The number of thiophene rings is 1. The Morgan fingerprint density at radius 2 is 2.28 bits per heavy atom. The highest BCUT2D eigenvalue weighted by Crippen LogP contribution is 2.27. The van der Waals surface area contributed by atoms with Gasteiger partial charge < -0.3 is 10.1 Å². The second-order valence-corrected chi connectivity index (χ2v) is 5.98. The zero-order valence-corrected chi connectivity index (χ0v) is 12.3. The van der Waals surface area contributed by atoms with Crippen molar-refractivity contribution in [3.05, 3.63) is 38.6 Å². The molecular formula is C12H11BrN2O2S. The average molecular weight is 327 g/mol. The minimum atomic E-state index is -0.138. The van der Waals surface area contributed by atoms with Crippen LogP contribution in [0.2, 0.25) is 0 Å². The molecular weight excluding hydrogens is 316 g/mol. The van der Waals surface area contributed by atoms with Gasteiger partial charge in [0.25, 0.3) is 5.91 Å². The first-order valence-electron chi connectivity index (χ1n) is 5.17. The lowest BCUT2D eigenvalue weighted by Crippen LogP contribution is -2.10. The number of aromatic nitrogens is 1. The highest BCUT2D eigenvalue weighted by atomic mass is 79.9. The Bertz CT molecular complexity index is 546. The van der Waals surface area contributed by atoms with Crippen LogP contribution in [-0.4, -0.2) is 18.0 Å². The molecule has 0 aromatic carbocycles. The predicted molar refractivity (Wildman–Crippen MR) is 75.5 cm³/mol. The van der Waals surface area contributed by atoms with Crippen molar-refractivity contribution < 1.29 is 9.53 Å². The summed E-state index contributed by atoms with van der Waals surface area (Å²) in [6, 6.07) is 5.30. The first-order valence-corrected chi connectivity index (χ1v) is 6.78. The van der Waals surface area contributed by atoms with E-state index in [9.17, 15) is 4.79 Å². The van der Waals surface area contributed by atoms with Crippen molar-refractivity contribution in [3.8, 4) is 5.88 Å². The monoisotopic (exact) mass is 326 g/mol. The normalized spacial score (nSPS) is 10.2. The van der Waals surface area contributed by atoms with E-state index < -0.39 is 0 Å². The number of anilines is 1. The zero-order valence-electron chi connectivity index (χ0n) is 9.86. The van der Waals surface area contributed by atoms with E-state index in [1.54, 1.807) is 25.4 Å². The van der Waals surface area contributed by atoms with Crippen LogP contribution in [0.5, 0.6) is 5.88 Å². The molecule has 0 aliphatic rings. The predicted octanol–water partition coefficient (Wildman–Crippen LogP) is 3.47. The molecule has 0 saturated carbocycles. The van der Waals surface area contributed by atoms with E-state index in [1.807, 2.05) is 13.0 Å². The van der Waals surface area contributed by atoms with E-state index in [4.69, 9.17) is 4.74 Å². The summed E-state index contributed by atoms with van der Waals surface area (Å²) in [6.45, 7) is 1.95. The van der Waals surface area contributed by atoms with Gasteiger partial charge in [-0.2, -0.15) is 0 Å². The molecule has 2 aromatic rings. The number of halogens is 1. The van der Waals surface area contributed by atoms with Gasteiger partial charge in [0.15, 0.2) is 0 Å². The van der Waals surface area contributed by atoms with Crippen LogP contribution in [0, 0.1) is 6.92 Å². The quantitative estimate of drug-likeness (QED) is 0.939. The third-order valence-corrected chi connectivity index (χ3v) is 4.42. The molecule has 1 N–H and O–H groups in total. The number of nitrogens with zero attached hydrogens (tertiary/aromatic N) is 1. The number of amides is 1. The molecule has 0 aliphatic carbocycles. The minimum Gasteiger partial charge on any atom is -0.481 e. The molecule has 2 aromatic heterocycles. The lowest BCUT2D eigenvalue weighted by Gasteiger charge is -2.03. The van der Waals surface area contributed by atoms with Crippen LogP contribution in [0.25, 0.3) is 0 Å². The van der Waals surface area contributed by atoms with Crippen LogP contribution >= 0.6 is 27.3 Å². The fourth-order valence-corrected chi connectivity index (χ4v) is 2.77. The summed E-state index contributed by atoms with van der Waals surface area (Å²) in [4.78, 5) is 16.6. The molecule has 1 amide bonds. The van der Waals surface area contributed by atoms with Crippen LogP contribution in [0.15, 0.2) is 28.2 Å². The summed E-state index contributed by atoms with van der Waals surface area (Å²) in [6.07, 6.45) is 1.56. The van der Waals surface area contributed by atoms with Crippen molar-refractivity contribution in [3.63, 3.8) is 0 Å². The standard InChI is InChI=1S/C12H11BrN2O2S/c1-7-5-9(18-11(7)13)12(16)15-8-3-4-10(17-2)14-6-8/h3-6H,1-2H3,(H,15,16). The Kier molecular flexibility index (Phi) is 3.98. The Labute approximate surface area is 117 Å². The van der Waals surface area contributed by atoms with Crippen molar-refractivity contribution in [2.75, 3.05) is 12.4 Å². The molecule has 0 spiro atoms. The maximum absolute atomic E-state index is 12.0. The maximum Gasteiger partial charge on any atom is 0.265 e. The lowest BCUT2D eigenvalue weighted by molar-refractivity contribution is 0.103. The second kappa shape index (κ2) is 5.49. The van der Waals surface area contributed by atoms with E-state index in [2.05, 4.69) is 26.2 Å².